The minimum Gasteiger partial charge on any atom is -0.469 e. The topological polar surface area (TPSA) is 93.4 Å². The molecule has 1 rings (SSSR count). The largest absolute Gasteiger partial charge is 0.469 e. The van der Waals surface area contributed by atoms with Crippen LogP contribution in [0.25, 0.3) is 0 Å². The van der Waals surface area contributed by atoms with Crippen LogP contribution in [0.3, 0.4) is 0 Å². The Kier molecular flexibility index (Phi) is 5.76. The van der Waals surface area contributed by atoms with Crippen molar-refractivity contribution in [1.29, 1.82) is 0 Å². The number of amides is 2. The average Bonchev–Trinajstić information content (AvgIpc) is 2.34. The Labute approximate surface area is 101 Å². The van der Waals surface area contributed by atoms with Gasteiger partial charge in [0.25, 0.3) is 0 Å². The van der Waals surface area contributed by atoms with Crippen LogP contribution < -0.4 is 16.4 Å². The number of hydrogen-bond acceptors (Lipinski definition) is 4. The lowest BCUT2D eigenvalue weighted by molar-refractivity contribution is -0.146. The van der Waals surface area contributed by atoms with Crippen molar-refractivity contribution >= 4 is 12.0 Å². The number of nitrogens with two attached hydrogens (primary N) is 1. The zero-order valence-electron chi connectivity index (χ0n) is 10.2. The van der Waals surface area contributed by atoms with Gasteiger partial charge in [0, 0.05) is 19.1 Å². The molecule has 17 heavy (non-hydrogen) atoms. The standard InChI is InChI=1S/C11H21N3O3/c1-17-10(15)8-3-2-4-9(7-8)13-5-6-14-11(12)16/h8-9,13H,2-7H2,1H3,(H3,12,14,16). The molecule has 0 spiro atoms. The number of urea groups is 1. The third kappa shape index (κ3) is 5.04. The summed E-state index contributed by atoms with van der Waals surface area (Å²) < 4.78 is 4.75. The van der Waals surface area contributed by atoms with E-state index in [1.165, 1.54) is 7.11 Å². The maximum absolute atomic E-state index is 11.4. The van der Waals surface area contributed by atoms with Gasteiger partial charge in [-0.1, -0.05) is 6.42 Å². The van der Waals surface area contributed by atoms with Crippen molar-refractivity contribution in [2.24, 2.45) is 11.7 Å². The molecular formula is C11H21N3O3. The second-order valence-corrected chi connectivity index (χ2v) is 4.33. The Balaban J connectivity index is 2.20. The summed E-state index contributed by atoms with van der Waals surface area (Å²) >= 11 is 0. The van der Waals surface area contributed by atoms with E-state index in [1.54, 1.807) is 0 Å². The van der Waals surface area contributed by atoms with E-state index in [2.05, 4.69) is 10.6 Å². The van der Waals surface area contributed by atoms with Gasteiger partial charge in [0.15, 0.2) is 0 Å². The van der Waals surface area contributed by atoms with Crippen LogP contribution in [0.15, 0.2) is 0 Å². The van der Waals surface area contributed by atoms with Gasteiger partial charge < -0.3 is 21.1 Å². The molecule has 98 valence electrons. The average molecular weight is 243 g/mol. The molecule has 0 aliphatic heterocycles. The summed E-state index contributed by atoms with van der Waals surface area (Å²) in [5.41, 5.74) is 4.95. The fourth-order valence-corrected chi connectivity index (χ4v) is 2.22. The van der Waals surface area contributed by atoms with Crippen molar-refractivity contribution in [3.63, 3.8) is 0 Å². The highest BCUT2D eigenvalue weighted by Crippen LogP contribution is 2.25. The smallest absolute Gasteiger partial charge is 0.312 e. The predicted octanol–water partition coefficient (Wildman–Crippen LogP) is -0.0239. The van der Waals surface area contributed by atoms with Gasteiger partial charge in [0.2, 0.25) is 0 Å². The first-order valence-corrected chi connectivity index (χ1v) is 5.98. The molecule has 0 saturated heterocycles. The van der Waals surface area contributed by atoms with E-state index in [0.717, 1.165) is 25.7 Å². The minimum absolute atomic E-state index is 0.00958. The summed E-state index contributed by atoms with van der Waals surface area (Å²) in [6.07, 6.45) is 3.80. The summed E-state index contributed by atoms with van der Waals surface area (Å²) in [6.45, 7) is 1.18. The molecule has 0 heterocycles. The lowest BCUT2D eigenvalue weighted by Crippen LogP contribution is -2.41. The summed E-state index contributed by atoms with van der Waals surface area (Å²) in [4.78, 5) is 21.9. The number of methoxy groups -OCH3 is 1. The van der Waals surface area contributed by atoms with Crippen molar-refractivity contribution in [2.45, 2.75) is 31.7 Å². The van der Waals surface area contributed by atoms with Crippen molar-refractivity contribution in [2.75, 3.05) is 20.2 Å². The molecule has 6 heteroatoms. The number of ether oxygens (including phenoxy) is 1. The van der Waals surface area contributed by atoms with E-state index in [4.69, 9.17) is 10.5 Å². The zero-order valence-corrected chi connectivity index (χ0v) is 10.2. The predicted molar refractivity (Wildman–Crippen MR) is 63.4 cm³/mol. The lowest BCUT2D eigenvalue weighted by atomic mass is 9.86. The molecule has 1 saturated carbocycles. The Morgan fingerprint density at radius 3 is 2.76 bits per heavy atom. The number of nitrogens with one attached hydrogen (secondary N) is 2. The van der Waals surface area contributed by atoms with Crippen molar-refractivity contribution in [3.8, 4) is 0 Å². The monoisotopic (exact) mass is 243 g/mol. The number of rotatable bonds is 5. The van der Waals surface area contributed by atoms with E-state index in [1.807, 2.05) is 0 Å². The molecule has 2 atom stereocenters. The number of esters is 1. The third-order valence-electron chi connectivity index (χ3n) is 3.07. The van der Waals surface area contributed by atoms with Gasteiger partial charge in [0.1, 0.15) is 0 Å². The first-order chi connectivity index (χ1) is 8.13. The second kappa shape index (κ2) is 7.11. The van der Waals surface area contributed by atoms with Gasteiger partial charge in [-0.15, -0.1) is 0 Å². The molecule has 2 unspecified atom stereocenters. The molecule has 0 radical (unpaired) electrons. The second-order valence-electron chi connectivity index (χ2n) is 4.33. The zero-order chi connectivity index (χ0) is 12.7. The molecule has 0 aromatic rings. The highest BCUT2D eigenvalue weighted by Gasteiger charge is 2.27. The van der Waals surface area contributed by atoms with E-state index in [9.17, 15) is 9.59 Å². The van der Waals surface area contributed by atoms with Crippen LogP contribution in [0, 0.1) is 5.92 Å². The van der Waals surface area contributed by atoms with E-state index in [-0.39, 0.29) is 11.9 Å². The summed E-state index contributed by atoms with van der Waals surface area (Å²) in [7, 11) is 1.43. The number of carbonyl (C=O) groups excluding carboxylic acids is 2. The summed E-state index contributed by atoms with van der Waals surface area (Å²) in [6, 6.07) is -0.189. The van der Waals surface area contributed by atoms with Gasteiger partial charge in [-0.2, -0.15) is 0 Å². The van der Waals surface area contributed by atoms with Crippen molar-refractivity contribution < 1.29 is 14.3 Å². The van der Waals surface area contributed by atoms with Crippen LogP contribution in [0.1, 0.15) is 25.7 Å². The lowest BCUT2D eigenvalue weighted by Gasteiger charge is -2.28. The van der Waals surface area contributed by atoms with Gasteiger partial charge >= 0.3 is 12.0 Å². The van der Waals surface area contributed by atoms with Crippen LogP contribution in [-0.2, 0) is 9.53 Å². The maximum Gasteiger partial charge on any atom is 0.312 e. The van der Waals surface area contributed by atoms with Gasteiger partial charge in [-0.25, -0.2) is 4.79 Å². The van der Waals surface area contributed by atoms with Crippen molar-refractivity contribution in [1.82, 2.24) is 10.6 Å². The molecule has 2 amide bonds. The number of hydrogen-bond donors (Lipinski definition) is 3. The van der Waals surface area contributed by atoms with Gasteiger partial charge in [0.05, 0.1) is 13.0 Å². The number of carbonyl (C=O) groups is 2. The molecule has 1 aliphatic carbocycles. The number of primary amides is 1. The Morgan fingerprint density at radius 1 is 1.35 bits per heavy atom. The molecule has 0 aromatic heterocycles. The Morgan fingerprint density at radius 2 is 2.12 bits per heavy atom. The molecular weight excluding hydrogens is 222 g/mol. The van der Waals surface area contributed by atoms with Crippen LogP contribution in [0.5, 0.6) is 0 Å². The normalized spacial score (nSPS) is 24.1. The molecule has 6 nitrogen and oxygen atoms in total. The summed E-state index contributed by atoms with van der Waals surface area (Å²) in [5.74, 6) is -0.109. The van der Waals surface area contributed by atoms with E-state index in [0.29, 0.717) is 19.1 Å². The first kappa shape index (κ1) is 13.8. The molecule has 1 fully saturated rings. The Hall–Kier alpha value is -1.30. The van der Waals surface area contributed by atoms with E-state index < -0.39 is 6.03 Å². The van der Waals surface area contributed by atoms with Crippen LogP contribution in [-0.4, -0.2) is 38.2 Å². The van der Waals surface area contributed by atoms with Gasteiger partial charge in [-0.3, -0.25) is 4.79 Å². The third-order valence-corrected chi connectivity index (χ3v) is 3.07. The van der Waals surface area contributed by atoms with Crippen LogP contribution >= 0.6 is 0 Å². The first-order valence-electron chi connectivity index (χ1n) is 5.98. The maximum atomic E-state index is 11.4. The SMILES string of the molecule is COC(=O)C1CCCC(NCCNC(N)=O)C1. The highest BCUT2D eigenvalue weighted by atomic mass is 16.5. The van der Waals surface area contributed by atoms with Crippen LogP contribution in [0.2, 0.25) is 0 Å². The summed E-state index contributed by atoms with van der Waals surface area (Å²) in [5, 5.41) is 5.82. The quantitative estimate of drug-likeness (QED) is 0.467. The van der Waals surface area contributed by atoms with E-state index >= 15 is 0 Å². The highest BCUT2D eigenvalue weighted by molar-refractivity contribution is 5.72. The fraction of sp³-hybridized carbons (Fsp3) is 0.818. The minimum atomic E-state index is -0.511. The Bertz CT molecular complexity index is 271. The van der Waals surface area contributed by atoms with Crippen molar-refractivity contribution in [3.05, 3.63) is 0 Å². The fourth-order valence-electron chi connectivity index (χ4n) is 2.22. The molecule has 0 aromatic carbocycles. The molecule has 0 bridgehead atoms. The van der Waals surface area contributed by atoms with Gasteiger partial charge in [-0.05, 0) is 19.3 Å². The molecule has 1 aliphatic rings. The van der Waals surface area contributed by atoms with Crippen LogP contribution in [0.4, 0.5) is 4.79 Å². The molecule has 4 N–H and O–H groups in total.